The summed E-state index contributed by atoms with van der Waals surface area (Å²) in [5.74, 6) is -0.313. The lowest BCUT2D eigenvalue weighted by atomic mass is 10.2. The van der Waals surface area contributed by atoms with Gasteiger partial charge in [-0.25, -0.2) is 9.97 Å². The number of carbonyl (C=O) groups is 2. The Morgan fingerprint density at radius 3 is 2.74 bits per heavy atom. The number of thiazole rings is 2. The lowest BCUT2D eigenvalue weighted by Crippen LogP contribution is -2.22. The highest BCUT2D eigenvalue weighted by Gasteiger charge is 2.18. The molecule has 2 aromatic carbocycles. The number of benzene rings is 2. The summed E-state index contributed by atoms with van der Waals surface area (Å²) < 4.78 is 1.74. The summed E-state index contributed by atoms with van der Waals surface area (Å²) >= 11 is 4.27. The van der Waals surface area contributed by atoms with Gasteiger partial charge in [-0.1, -0.05) is 42.1 Å². The van der Waals surface area contributed by atoms with E-state index in [-0.39, 0.29) is 17.1 Å². The molecule has 4 rings (SSSR count). The van der Waals surface area contributed by atoms with Crippen LogP contribution in [0.1, 0.15) is 12.5 Å². The zero-order valence-corrected chi connectivity index (χ0v) is 18.9. The number of amides is 2. The van der Waals surface area contributed by atoms with Crippen LogP contribution in [0, 0.1) is 0 Å². The van der Waals surface area contributed by atoms with Crippen LogP contribution < -0.4 is 10.6 Å². The molecule has 0 bridgehead atoms. The van der Waals surface area contributed by atoms with Crippen molar-refractivity contribution in [2.45, 2.75) is 16.5 Å². The second-order valence-electron chi connectivity index (χ2n) is 6.48. The number of hydrogen-bond donors (Lipinski definition) is 2. The van der Waals surface area contributed by atoms with Crippen LogP contribution in [-0.2, 0) is 9.59 Å². The Bertz CT molecular complexity index is 1220. The summed E-state index contributed by atoms with van der Waals surface area (Å²) in [6.07, 6.45) is 4.93. The molecule has 2 N–H and O–H groups in total. The van der Waals surface area contributed by atoms with Gasteiger partial charge in [0.05, 0.1) is 15.5 Å². The average Bonchev–Trinajstić information content (AvgIpc) is 3.42. The van der Waals surface area contributed by atoms with Crippen LogP contribution in [-0.4, -0.2) is 27.0 Å². The maximum absolute atomic E-state index is 12.3. The van der Waals surface area contributed by atoms with Crippen molar-refractivity contribution in [3.8, 4) is 0 Å². The van der Waals surface area contributed by atoms with E-state index < -0.39 is 0 Å². The van der Waals surface area contributed by atoms with Crippen LogP contribution in [0.25, 0.3) is 16.3 Å². The first-order chi connectivity index (χ1) is 15.1. The number of rotatable bonds is 7. The second kappa shape index (κ2) is 9.86. The summed E-state index contributed by atoms with van der Waals surface area (Å²) in [6, 6.07) is 15.2. The highest BCUT2D eigenvalue weighted by Crippen LogP contribution is 2.33. The Balaban J connectivity index is 1.39. The number of fused-ring (bicyclic) bond motifs is 1. The molecule has 2 aromatic heterocycles. The Morgan fingerprint density at radius 2 is 1.97 bits per heavy atom. The van der Waals surface area contributed by atoms with Gasteiger partial charge in [0.15, 0.2) is 9.47 Å². The van der Waals surface area contributed by atoms with Crippen LogP contribution in [0.4, 0.5) is 10.8 Å². The molecule has 6 nitrogen and oxygen atoms in total. The third kappa shape index (κ3) is 5.78. The number of nitrogens with one attached hydrogen (secondary N) is 2. The number of thioether (sulfide) groups is 1. The number of aromatic nitrogens is 2. The predicted octanol–water partition coefficient (Wildman–Crippen LogP) is 5.52. The molecular weight excluding hydrogens is 448 g/mol. The van der Waals surface area contributed by atoms with Crippen LogP contribution in [0.15, 0.2) is 70.5 Å². The molecule has 31 heavy (non-hydrogen) atoms. The lowest BCUT2D eigenvalue weighted by Gasteiger charge is -2.07. The van der Waals surface area contributed by atoms with Crippen molar-refractivity contribution in [2.24, 2.45) is 0 Å². The molecule has 2 heterocycles. The summed E-state index contributed by atoms with van der Waals surface area (Å²) in [5.41, 5.74) is 2.49. The van der Waals surface area contributed by atoms with E-state index in [1.165, 1.54) is 40.5 Å². The highest BCUT2D eigenvalue weighted by atomic mass is 32.2. The average molecular weight is 467 g/mol. The predicted molar refractivity (Wildman–Crippen MR) is 130 cm³/mol. The molecule has 0 aliphatic rings. The Morgan fingerprint density at radius 1 is 1.13 bits per heavy atom. The molecule has 0 radical (unpaired) electrons. The van der Waals surface area contributed by atoms with Gasteiger partial charge in [0, 0.05) is 23.3 Å². The van der Waals surface area contributed by atoms with E-state index in [0.29, 0.717) is 10.8 Å². The molecule has 156 valence electrons. The van der Waals surface area contributed by atoms with Gasteiger partial charge in [-0.05, 0) is 36.8 Å². The smallest absolute Gasteiger partial charge is 0.248 e. The van der Waals surface area contributed by atoms with E-state index in [0.717, 1.165) is 20.1 Å². The van der Waals surface area contributed by atoms with Crippen LogP contribution in [0.2, 0.25) is 0 Å². The summed E-state index contributed by atoms with van der Waals surface area (Å²) in [4.78, 5) is 33.2. The van der Waals surface area contributed by atoms with Gasteiger partial charge in [-0.3, -0.25) is 9.59 Å². The molecular formula is C22H18N4O2S3. The monoisotopic (exact) mass is 466 g/mol. The topological polar surface area (TPSA) is 84.0 Å². The first-order valence-corrected chi connectivity index (χ1v) is 12.0. The van der Waals surface area contributed by atoms with Gasteiger partial charge in [-0.2, -0.15) is 0 Å². The molecule has 4 aromatic rings. The summed E-state index contributed by atoms with van der Waals surface area (Å²) in [7, 11) is 0. The molecule has 0 aliphatic heterocycles. The van der Waals surface area contributed by atoms with Crippen molar-refractivity contribution in [1.29, 1.82) is 0 Å². The van der Waals surface area contributed by atoms with Crippen LogP contribution in [0.3, 0.4) is 0 Å². The van der Waals surface area contributed by atoms with E-state index in [2.05, 4.69) is 20.6 Å². The molecule has 0 saturated carbocycles. The standard InChI is InChI=1S/C22H18N4O2S3/c1-14(20(28)26-21-23-11-12-29-21)30-22-25-17-9-8-16(13-18(17)31-22)24-19(27)10-7-15-5-3-2-4-6-15/h2-14H,1H3,(H,24,27)(H,23,26,28)/b10-7+/t14-/m0/s1. The summed E-state index contributed by atoms with van der Waals surface area (Å²) in [5, 5.41) is 7.76. The van der Waals surface area contributed by atoms with Crippen molar-refractivity contribution in [3.05, 3.63) is 71.7 Å². The molecule has 1 atom stereocenters. The normalized spacial score (nSPS) is 12.2. The molecule has 0 fully saturated rings. The van der Waals surface area contributed by atoms with Crippen molar-refractivity contribution in [3.63, 3.8) is 0 Å². The highest BCUT2D eigenvalue weighted by molar-refractivity contribution is 8.02. The fraction of sp³-hybridized carbons (Fsp3) is 0.0909. The molecule has 2 amide bonds. The molecule has 0 spiro atoms. The van der Waals surface area contributed by atoms with Gasteiger partial charge in [0.2, 0.25) is 11.8 Å². The van der Waals surface area contributed by atoms with Crippen LogP contribution >= 0.6 is 34.4 Å². The van der Waals surface area contributed by atoms with Gasteiger partial charge in [0.1, 0.15) is 0 Å². The molecule has 0 unspecified atom stereocenters. The molecule has 0 saturated heterocycles. The van der Waals surface area contributed by atoms with E-state index >= 15 is 0 Å². The Labute approximate surface area is 191 Å². The van der Waals surface area contributed by atoms with Crippen molar-refractivity contribution in [1.82, 2.24) is 9.97 Å². The maximum atomic E-state index is 12.3. The Hall–Kier alpha value is -3.01. The van der Waals surface area contributed by atoms with E-state index in [4.69, 9.17) is 0 Å². The van der Waals surface area contributed by atoms with Crippen molar-refractivity contribution in [2.75, 3.05) is 10.6 Å². The fourth-order valence-electron chi connectivity index (χ4n) is 2.65. The van der Waals surface area contributed by atoms with Gasteiger partial charge in [0.25, 0.3) is 0 Å². The largest absolute Gasteiger partial charge is 0.322 e. The molecule has 9 heteroatoms. The number of anilines is 2. The quantitative estimate of drug-likeness (QED) is 0.277. The van der Waals surface area contributed by atoms with Gasteiger partial charge in [-0.15, -0.1) is 22.7 Å². The minimum Gasteiger partial charge on any atom is -0.322 e. The zero-order valence-electron chi connectivity index (χ0n) is 16.4. The van der Waals surface area contributed by atoms with E-state index in [1.807, 2.05) is 60.8 Å². The third-order valence-corrected chi connectivity index (χ3v) is 7.07. The zero-order chi connectivity index (χ0) is 21.6. The van der Waals surface area contributed by atoms with Crippen molar-refractivity contribution >= 4 is 73.4 Å². The van der Waals surface area contributed by atoms with Crippen LogP contribution in [0.5, 0.6) is 0 Å². The number of nitrogens with zero attached hydrogens (tertiary/aromatic N) is 2. The lowest BCUT2D eigenvalue weighted by molar-refractivity contribution is -0.115. The van der Waals surface area contributed by atoms with E-state index in [9.17, 15) is 9.59 Å². The maximum Gasteiger partial charge on any atom is 0.248 e. The van der Waals surface area contributed by atoms with Gasteiger partial charge >= 0.3 is 0 Å². The molecule has 0 aliphatic carbocycles. The van der Waals surface area contributed by atoms with E-state index in [1.54, 1.807) is 12.3 Å². The number of hydrogen-bond acceptors (Lipinski definition) is 7. The first kappa shape index (κ1) is 21.2. The number of carbonyl (C=O) groups excluding carboxylic acids is 2. The second-order valence-corrected chi connectivity index (χ2v) is 10.00. The third-order valence-electron chi connectivity index (χ3n) is 4.17. The minimum atomic E-state index is -0.313. The Kier molecular flexibility index (Phi) is 6.76. The van der Waals surface area contributed by atoms with Gasteiger partial charge < -0.3 is 10.6 Å². The fourth-order valence-corrected chi connectivity index (χ4v) is 5.43. The SMILES string of the molecule is C[C@H](Sc1nc2ccc(NC(=O)/C=C/c3ccccc3)cc2s1)C(=O)Nc1nccs1. The minimum absolute atomic E-state index is 0.114. The summed E-state index contributed by atoms with van der Waals surface area (Å²) in [6.45, 7) is 1.84. The first-order valence-electron chi connectivity index (χ1n) is 9.38. The van der Waals surface area contributed by atoms with Crippen molar-refractivity contribution < 1.29 is 9.59 Å².